The number of hydrogen-bond donors (Lipinski definition) is 2. The minimum atomic E-state index is -1.15. The predicted octanol–water partition coefficient (Wildman–Crippen LogP) is 2.23. The van der Waals surface area contributed by atoms with Gasteiger partial charge in [-0.3, -0.25) is 0 Å². The van der Waals surface area contributed by atoms with Crippen molar-refractivity contribution in [1.29, 1.82) is 0 Å². The third-order valence-corrected chi connectivity index (χ3v) is 2.75. The highest BCUT2D eigenvalue weighted by Crippen LogP contribution is 2.24. The topological polar surface area (TPSA) is 94.7 Å². The van der Waals surface area contributed by atoms with E-state index in [-0.39, 0.29) is 12.0 Å². The minimum absolute atomic E-state index is 0.151. The van der Waals surface area contributed by atoms with Crippen LogP contribution in [-0.2, 0) is 9.47 Å². The Morgan fingerprint density at radius 1 is 1.27 bits per heavy atom. The molecule has 1 saturated heterocycles. The number of carbonyl (C=O) groups is 1. The number of nitrogens with two attached hydrogens (primary N) is 1. The molecule has 0 saturated carbocycles. The summed E-state index contributed by atoms with van der Waals surface area (Å²) in [7, 11) is 0. The zero-order valence-electron chi connectivity index (χ0n) is 11.6. The Balaban J connectivity index is 0.000000164. The fraction of sp³-hybridized carbons (Fsp3) is 0.200. The fourth-order valence-corrected chi connectivity index (χ4v) is 1.76. The van der Waals surface area contributed by atoms with Gasteiger partial charge in [-0.25, -0.2) is 14.2 Å². The van der Waals surface area contributed by atoms with E-state index in [1.807, 2.05) is 24.3 Å². The van der Waals surface area contributed by atoms with Gasteiger partial charge < -0.3 is 20.3 Å². The molecular formula is C15H15FN2O4. The quantitative estimate of drug-likeness (QED) is 0.826. The second-order valence-corrected chi connectivity index (χ2v) is 4.41. The van der Waals surface area contributed by atoms with Gasteiger partial charge in [0.25, 0.3) is 0 Å². The number of hydrogen-bond acceptors (Lipinski definition) is 5. The monoisotopic (exact) mass is 306 g/mol. The molecule has 7 heteroatoms. The molecule has 1 aliphatic heterocycles. The van der Waals surface area contributed by atoms with Crippen molar-refractivity contribution in [1.82, 2.24) is 4.98 Å². The van der Waals surface area contributed by atoms with Crippen LogP contribution in [0.15, 0.2) is 42.6 Å². The number of carboxylic acids is 1. The van der Waals surface area contributed by atoms with Gasteiger partial charge in [0.1, 0.15) is 11.5 Å². The number of nitrogens with zero attached hydrogens (tertiary/aromatic N) is 1. The largest absolute Gasteiger partial charge is 0.477 e. The standard InChI is InChI=1S/C9H11NO2.C6H4FNO2/c10-8-3-1-2-7(6-8)9-11-4-5-12-9;7-4-1-2-5(6(9)10)8-3-4/h1-3,6,9H,4-5,10H2;1-3H,(H,9,10). The molecule has 6 nitrogen and oxygen atoms in total. The summed E-state index contributed by atoms with van der Waals surface area (Å²) >= 11 is 0. The van der Waals surface area contributed by atoms with E-state index in [1.54, 1.807) is 0 Å². The Hall–Kier alpha value is -2.51. The van der Waals surface area contributed by atoms with Gasteiger partial charge in [-0.2, -0.15) is 0 Å². The number of benzene rings is 1. The number of pyridine rings is 1. The smallest absolute Gasteiger partial charge is 0.354 e. The number of halogens is 1. The third-order valence-electron chi connectivity index (χ3n) is 2.75. The van der Waals surface area contributed by atoms with E-state index in [1.165, 1.54) is 0 Å². The van der Waals surface area contributed by atoms with Crippen molar-refractivity contribution in [3.8, 4) is 0 Å². The lowest BCUT2D eigenvalue weighted by atomic mass is 10.2. The van der Waals surface area contributed by atoms with Gasteiger partial charge in [-0.1, -0.05) is 12.1 Å². The number of nitrogen functional groups attached to an aromatic ring is 1. The Kier molecular flexibility index (Phi) is 5.40. The summed E-state index contributed by atoms with van der Waals surface area (Å²) < 4.78 is 22.7. The van der Waals surface area contributed by atoms with Crippen LogP contribution < -0.4 is 5.73 Å². The molecule has 2 aromatic rings. The lowest BCUT2D eigenvalue weighted by molar-refractivity contribution is -0.0440. The number of anilines is 1. The number of aromatic carboxylic acids is 1. The molecule has 1 aliphatic rings. The van der Waals surface area contributed by atoms with Crippen LogP contribution in [0.25, 0.3) is 0 Å². The molecule has 3 N–H and O–H groups in total. The minimum Gasteiger partial charge on any atom is -0.477 e. The summed E-state index contributed by atoms with van der Waals surface area (Å²) in [5.74, 6) is -1.69. The van der Waals surface area contributed by atoms with Crippen molar-refractivity contribution in [2.75, 3.05) is 18.9 Å². The normalized spacial score (nSPS) is 14.2. The van der Waals surface area contributed by atoms with Gasteiger partial charge in [0.05, 0.1) is 19.4 Å². The summed E-state index contributed by atoms with van der Waals surface area (Å²) in [5.41, 5.74) is 7.20. The van der Waals surface area contributed by atoms with Crippen LogP contribution in [0.3, 0.4) is 0 Å². The first kappa shape index (κ1) is 15.9. The van der Waals surface area contributed by atoms with E-state index in [0.717, 1.165) is 29.6 Å². The SMILES string of the molecule is Nc1cccc(C2OCCO2)c1.O=C(O)c1ccc(F)cn1. The Labute approximate surface area is 126 Å². The molecule has 0 amide bonds. The van der Waals surface area contributed by atoms with Gasteiger partial charge in [-0.15, -0.1) is 0 Å². The zero-order chi connectivity index (χ0) is 15.9. The summed E-state index contributed by atoms with van der Waals surface area (Å²) in [4.78, 5) is 13.4. The molecule has 116 valence electrons. The van der Waals surface area contributed by atoms with Crippen LogP contribution in [0, 0.1) is 5.82 Å². The van der Waals surface area contributed by atoms with Crippen molar-refractivity contribution in [3.05, 3.63) is 59.7 Å². The third kappa shape index (κ3) is 4.51. The van der Waals surface area contributed by atoms with Crippen LogP contribution in [0.4, 0.5) is 10.1 Å². The summed E-state index contributed by atoms with van der Waals surface area (Å²) in [6, 6.07) is 9.73. The second-order valence-electron chi connectivity index (χ2n) is 4.41. The van der Waals surface area contributed by atoms with Gasteiger partial charge in [-0.05, 0) is 24.3 Å². The van der Waals surface area contributed by atoms with E-state index >= 15 is 0 Å². The highest BCUT2D eigenvalue weighted by molar-refractivity contribution is 5.85. The molecule has 1 fully saturated rings. The number of carboxylic acid groups (broad SMARTS) is 1. The molecule has 0 aliphatic carbocycles. The molecular weight excluding hydrogens is 291 g/mol. The lowest BCUT2D eigenvalue weighted by Crippen LogP contribution is -1.98. The van der Waals surface area contributed by atoms with Crippen molar-refractivity contribution in [3.63, 3.8) is 0 Å². The molecule has 0 unspecified atom stereocenters. The Morgan fingerprint density at radius 2 is 2.00 bits per heavy atom. The maximum absolute atomic E-state index is 12.1. The first-order valence-corrected chi connectivity index (χ1v) is 6.50. The van der Waals surface area contributed by atoms with Crippen LogP contribution in [0.1, 0.15) is 22.3 Å². The van der Waals surface area contributed by atoms with E-state index in [4.69, 9.17) is 20.3 Å². The Bertz CT molecular complexity index is 628. The average Bonchev–Trinajstić information content (AvgIpc) is 3.03. The first-order chi connectivity index (χ1) is 10.6. The molecule has 0 bridgehead atoms. The summed E-state index contributed by atoms with van der Waals surface area (Å²) in [6.45, 7) is 1.33. The number of ether oxygens (including phenoxy) is 2. The maximum atomic E-state index is 12.1. The number of aromatic nitrogens is 1. The van der Waals surface area contributed by atoms with Crippen LogP contribution in [-0.4, -0.2) is 29.3 Å². The van der Waals surface area contributed by atoms with Crippen molar-refractivity contribution in [2.45, 2.75) is 6.29 Å². The maximum Gasteiger partial charge on any atom is 0.354 e. The predicted molar refractivity (Wildman–Crippen MR) is 76.7 cm³/mol. The molecule has 0 atom stereocenters. The van der Waals surface area contributed by atoms with Crippen LogP contribution in [0.5, 0.6) is 0 Å². The van der Waals surface area contributed by atoms with Crippen molar-refractivity contribution < 1.29 is 23.8 Å². The van der Waals surface area contributed by atoms with Crippen molar-refractivity contribution in [2.24, 2.45) is 0 Å². The first-order valence-electron chi connectivity index (χ1n) is 6.50. The fourth-order valence-electron chi connectivity index (χ4n) is 1.76. The summed E-state index contributed by atoms with van der Waals surface area (Å²) in [5, 5.41) is 8.29. The van der Waals surface area contributed by atoms with Crippen LogP contribution >= 0.6 is 0 Å². The van der Waals surface area contributed by atoms with E-state index < -0.39 is 11.8 Å². The molecule has 0 spiro atoms. The van der Waals surface area contributed by atoms with Gasteiger partial charge in [0.15, 0.2) is 6.29 Å². The van der Waals surface area contributed by atoms with Gasteiger partial charge >= 0.3 is 5.97 Å². The molecule has 0 radical (unpaired) electrons. The Morgan fingerprint density at radius 3 is 2.55 bits per heavy atom. The molecule has 3 rings (SSSR count). The van der Waals surface area contributed by atoms with E-state index in [2.05, 4.69) is 4.98 Å². The molecule has 2 heterocycles. The zero-order valence-corrected chi connectivity index (χ0v) is 11.6. The van der Waals surface area contributed by atoms with Gasteiger partial charge in [0.2, 0.25) is 0 Å². The van der Waals surface area contributed by atoms with Gasteiger partial charge in [0, 0.05) is 11.3 Å². The molecule has 1 aromatic carbocycles. The number of rotatable bonds is 2. The van der Waals surface area contributed by atoms with E-state index in [9.17, 15) is 9.18 Å². The van der Waals surface area contributed by atoms with Crippen LogP contribution in [0.2, 0.25) is 0 Å². The average molecular weight is 306 g/mol. The molecule has 1 aromatic heterocycles. The second kappa shape index (κ2) is 7.48. The highest BCUT2D eigenvalue weighted by atomic mass is 19.1. The van der Waals surface area contributed by atoms with Crippen molar-refractivity contribution >= 4 is 11.7 Å². The lowest BCUT2D eigenvalue weighted by Gasteiger charge is -2.08. The summed E-state index contributed by atoms with van der Waals surface area (Å²) in [6.07, 6.45) is 0.650. The molecule has 22 heavy (non-hydrogen) atoms. The van der Waals surface area contributed by atoms with E-state index in [0.29, 0.717) is 13.2 Å². The highest BCUT2D eigenvalue weighted by Gasteiger charge is 2.17.